The monoisotopic (exact) mass is 479 g/mol. The lowest BCUT2D eigenvalue weighted by Gasteiger charge is -2.17. The Hall–Kier alpha value is -3.59. The molecule has 2 aromatic carbocycles. The Morgan fingerprint density at radius 2 is 1.97 bits per heavy atom. The van der Waals surface area contributed by atoms with Gasteiger partial charge in [0.15, 0.2) is 11.6 Å². The zero-order valence-corrected chi connectivity index (χ0v) is 19.7. The van der Waals surface area contributed by atoms with Crippen molar-refractivity contribution in [3.63, 3.8) is 0 Å². The number of aryl methyl sites for hydroxylation is 1. The minimum absolute atomic E-state index is 0.0472. The summed E-state index contributed by atoms with van der Waals surface area (Å²) >= 11 is 0. The molecule has 1 fully saturated rings. The number of likely N-dealkylation sites (N-methyl/N-ethyl adjacent to an activating group) is 1. The highest BCUT2D eigenvalue weighted by molar-refractivity contribution is 6.05. The molecule has 182 valence electrons. The summed E-state index contributed by atoms with van der Waals surface area (Å²) in [5.41, 5.74) is 9.57. The van der Waals surface area contributed by atoms with Crippen LogP contribution in [-0.4, -0.2) is 36.1 Å². The second-order valence-electron chi connectivity index (χ2n) is 9.24. The fourth-order valence-electron chi connectivity index (χ4n) is 4.89. The zero-order chi connectivity index (χ0) is 24.7. The number of nitrogens with one attached hydrogen (secondary N) is 2. The fourth-order valence-corrected chi connectivity index (χ4v) is 4.89. The van der Waals surface area contributed by atoms with Crippen molar-refractivity contribution in [2.75, 3.05) is 31.2 Å². The fraction of sp³-hybridized carbons (Fsp3) is 0.346. The van der Waals surface area contributed by atoms with Crippen LogP contribution in [0.2, 0.25) is 0 Å². The van der Waals surface area contributed by atoms with Crippen molar-refractivity contribution >= 4 is 17.4 Å². The lowest BCUT2D eigenvalue weighted by atomic mass is 9.96. The Kier molecular flexibility index (Phi) is 5.88. The quantitative estimate of drug-likeness (QED) is 0.440. The standard InChI is InChI=1S/C26H27F2N5O2/c1-14-17(22-23(35-8-7-30-2)24(29)32-13-31-22)10-16(27)11-21(14)33-25(34)18-9-15-3-4-26(5-6-26)19(15)12-20(18)28/h9-13,30H,3-8H2,1-2H3,(H,33,34)(H2,29,31,32). The molecular formula is C26H27F2N5O2. The summed E-state index contributed by atoms with van der Waals surface area (Å²) in [5.74, 6) is -1.44. The molecule has 9 heteroatoms. The number of ether oxygens (including phenoxy) is 1. The van der Waals surface area contributed by atoms with Crippen molar-refractivity contribution < 1.29 is 18.3 Å². The summed E-state index contributed by atoms with van der Waals surface area (Å²) in [6.45, 7) is 2.58. The molecule has 1 saturated carbocycles. The molecule has 1 heterocycles. The topological polar surface area (TPSA) is 102 Å². The number of hydrogen-bond donors (Lipinski definition) is 3. The van der Waals surface area contributed by atoms with E-state index in [-0.39, 0.29) is 28.2 Å². The first-order chi connectivity index (χ1) is 16.8. The second-order valence-corrected chi connectivity index (χ2v) is 9.24. The van der Waals surface area contributed by atoms with Crippen LogP contribution in [0.3, 0.4) is 0 Å². The summed E-state index contributed by atoms with van der Waals surface area (Å²) in [7, 11) is 1.79. The molecule has 3 aromatic rings. The summed E-state index contributed by atoms with van der Waals surface area (Å²) in [6, 6.07) is 5.64. The van der Waals surface area contributed by atoms with E-state index in [1.165, 1.54) is 24.5 Å². The van der Waals surface area contributed by atoms with E-state index in [4.69, 9.17) is 10.5 Å². The number of carbonyl (C=O) groups is 1. The van der Waals surface area contributed by atoms with Crippen LogP contribution >= 0.6 is 0 Å². The van der Waals surface area contributed by atoms with E-state index < -0.39 is 17.5 Å². The molecule has 1 amide bonds. The van der Waals surface area contributed by atoms with Gasteiger partial charge in [0.25, 0.3) is 5.91 Å². The Labute approximate surface area is 202 Å². The molecule has 0 aliphatic heterocycles. The number of benzene rings is 2. The van der Waals surface area contributed by atoms with Gasteiger partial charge in [-0.3, -0.25) is 4.79 Å². The van der Waals surface area contributed by atoms with E-state index in [0.717, 1.165) is 36.8 Å². The molecule has 2 aliphatic rings. The number of rotatable bonds is 7. The Morgan fingerprint density at radius 1 is 1.17 bits per heavy atom. The number of halogens is 2. The maximum atomic E-state index is 15.0. The zero-order valence-electron chi connectivity index (χ0n) is 19.7. The van der Waals surface area contributed by atoms with Crippen LogP contribution in [0.5, 0.6) is 5.75 Å². The van der Waals surface area contributed by atoms with Gasteiger partial charge in [0.05, 0.1) is 5.56 Å². The summed E-state index contributed by atoms with van der Waals surface area (Å²) < 4.78 is 35.4. The molecule has 4 N–H and O–H groups in total. The molecule has 0 radical (unpaired) electrons. The lowest BCUT2D eigenvalue weighted by molar-refractivity contribution is 0.102. The minimum atomic E-state index is -0.630. The van der Waals surface area contributed by atoms with Gasteiger partial charge in [-0.15, -0.1) is 0 Å². The van der Waals surface area contributed by atoms with Crippen LogP contribution in [0.15, 0.2) is 30.6 Å². The number of fused-ring (bicyclic) bond motifs is 2. The van der Waals surface area contributed by atoms with Crippen LogP contribution < -0.4 is 21.1 Å². The predicted molar refractivity (Wildman–Crippen MR) is 130 cm³/mol. The number of anilines is 2. The second kappa shape index (κ2) is 8.88. The normalized spacial score (nSPS) is 15.2. The highest BCUT2D eigenvalue weighted by Crippen LogP contribution is 2.57. The Morgan fingerprint density at radius 3 is 2.71 bits per heavy atom. The minimum Gasteiger partial charge on any atom is -0.486 e. The van der Waals surface area contributed by atoms with Crippen LogP contribution in [0.1, 0.15) is 46.3 Å². The summed E-state index contributed by atoms with van der Waals surface area (Å²) in [4.78, 5) is 21.3. The molecule has 5 rings (SSSR count). The first-order valence-electron chi connectivity index (χ1n) is 11.7. The summed E-state index contributed by atoms with van der Waals surface area (Å²) in [5, 5.41) is 5.65. The maximum absolute atomic E-state index is 15.0. The van der Waals surface area contributed by atoms with Crippen molar-refractivity contribution in [2.45, 2.75) is 38.0 Å². The Balaban J connectivity index is 1.47. The van der Waals surface area contributed by atoms with Crippen molar-refractivity contribution in [3.05, 3.63) is 64.5 Å². The Bertz CT molecular complexity index is 1320. The van der Waals surface area contributed by atoms with Gasteiger partial charge >= 0.3 is 0 Å². The van der Waals surface area contributed by atoms with Crippen molar-refractivity contribution in [3.8, 4) is 17.0 Å². The molecule has 0 atom stereocenters. The maximum Gasteiger partial charge on any atom is 0.258 e. The average Bonchev–Trinajstić information content (AvgIpc) is 3.54. The third-order valence-corrected chi connectivity index (χ3v) is 7.04. The molecule has 0 unspecified atom stereocenters. The highest BCUT2D eigenvalue weighted by atomic mass is 19.1. The van der Waals surface area contributed by atoms with E-state index in [0.29, 0.717) is 30.0 Å². The van der Waals surface area contributed by atoms with Gasteiger partial charge in [0.1, 0.15) is 30.3 Å². The van der Waals surface area contributed by atoms with Gasteiger partial charge in [-0.05, 0) is 86.0 Å². The van der Waals surface area contributed by atoms with Gasteiger partial charge in [0.2, 0.25) is 0 Å². The number of nitrogens with two attached hydrogens (primary N) is 1. The largest absolute Gasteiger partial charge is 0.486 e. The van der Waals surface area contributed by atoms with Crippen molar-refractivity contribution in [2.24, 2.45) is 0 Å². The highest BCUT2D eigenvalue weighted by Gasteiger charge is 2.48. The number of amides is 1. The van der Waals surface area contributed by atoms with Crippen LogP contribution in [-0.2, 0) is 11.8 Å². The van der Waals surface area contributed by atoms with Gasteiger partial charge in [-0.2, -0.15) is 0 Å². The molecular weight excluding hydrogens is 452 g/mol. The molecule has 35 heavy (non-hydrogen) atoms. The van der Waals surface area contributed by atoms with Crippen molar-refractivity contribution in [1.29, 1.82) is 0 Å². The molecule has 2 aliphatic carbocycles. The molecule has 0 bridgehead atoms. The molecule has 7 nitrogen and oxygen atoms in total. The number of carbonyl (C=O) groups excluding carboxylic acids is 1. The van der Waals surface area contributed by atoms with Crippen LogP contribution in [0.4, 0.5) is 20.3 Å². The van der Waals surface area contributed by atoms with Crippen LogP contribution in [0.25, 0.3) is 11.3 Å². The first-order valence-corrected chi connectivity index (χ1v) is 11.7. The molecule has 0 saturated heterocycles. The number of aromatic nitrogens is 2. The predicted octanol–water partition coefficient (Wildman–Crippen LogP) is 4.14. The number of hydrogen-bond acceptors (Lipinski definition) is 6. The summed E-state index contributed by atoms with van der Waals surface area (Å²) in [6.07, 6.45) is 5.25. The lowest BCUT2D eigenvalue weighted by Crippen LogP contribution is -2.17. The van der Waals surface area contributed by atoms with Crippen molar-refractivity contribution in [1.82, 2.24) is 15.3 Å². The number of nitrogens with zero attached hydrogens (tertiary/aromatic N) is 2. The van der Waals surface area contributed by atoms with E-state index in [2.05, 4.69) is 20.6 Å². The smallest absolute Gasteiger partial charge is 0.258 e. The van der Waals surface area contributed by atoms with Crippen LogP contribution in [0, 0.1) is 18.6 Å². The third-order valence-electron chi connectivity index (χ3n) is 7.04. The van der Waals surface area contributed by atoms with E-state index in [1.54, 1.807) is 20.0 Å². The first kappa shape index (κ1) is 23.2. The average molecular weight is 480 g/mol. The SMILES string of the molecule is CNCCOc1c(N)ncnc1-c1cc(F)cc(NC(=O)c2cc3c(cc2F)C2(CC3)CC2)c1C. The van der Waals surface area contributed by atoms with E-state index in [9.17, 15) is 13.6 Å². The van der Waals surface area contributed by atoms with Gasteiger partial charge in [0, 0.05) is 17.8 Å². The third kappa shape index (κ3) is 4.20. The molecule has 1 spiro atoms. The van der Waals surface area contributed by atoms with E-state index >= 15 is 0 Å². The molecule has 1 aromatic heterocycles. The van der Waals surface area contributed by atoms with Gasteiger partial charge in [-0.25, -0.2) is 18.7 Å². The van der Waals surface area contributed by atoms with Gasteiger partial charge < -0.3 is 21.1 Å². The van der Waals surface area contributed by atoms with Gasteiger partial charge in [-0.1, -0.05) is 0 Å². The number of nitrogen functional groups attached to an aromatic ring is 1. The van der Waals surface area contributed by atoms with E-state index in [1.807, 2.05) is 0 Å².